The van der Waals surface area contributed by atoms with Gasteiger partial charge in [-0.25, -0.2) is 0 Å². The van der Waals surface area contributed by atoms with Gasteiger partial charge >= 0.3 is 0 Å². The molecule has 1 atom stereocenters. The number of hydrogen-bond donors (Lipinski definition) is 1. The van der Waals surface area contributed by atoms with Crippen LogP contribution in [0.2, 0.25) is 0 Å². The van der Waals surface area contributed by atoms with Gasteiger partial charge in [0.05, 0.1) is 6.61 Å². The van der Waals surface area contributed by atoms with Crippen molar-refractivity contribution in [3.05, 3.63) is 34.3 Å². The third kappa shape index (κ3) is 6.20. The summed E-state index contributed by atoms with van der Waals surface area (Å²) in [5.74, 6) is 0. The van der Waals surface area contributed by atoms with Crippen LogP contribution in [0.3, 0.4) is 0 Å². The van der Waals surface area contributed by atoms with Gasteiger partial charge in [0.25, 0.3) is 0 Å². The Bertz CT molecular complexity index is 300. The Balaban J connectivity index is 2.16. The summed E-state index contributed by atoms with van der Waals surface area (Å²) in [6, 6.07) is 8.80. The van der Waals surface area contributed by atoms with Gasteiger partial charge < -0.3 is 10.1 Å². The fourth-order valence-corrected chi connectivity index (χ4v) is 1.83. The molecule has 0 saturated carbocycles. The molecule has 17 heavy (non-hydrogen) atoms. The Kier molecular flexibility index (Phi) is 7.49. The SMILES string of the molecule is CCCCOCCNC(C)c1ccc(Br)cc1. The van der Waals surface area contributed by atoms with Crippen molar-refractivity contribution in [3.63, 3.8) is 0 Å². The topological polar surface area (TPSA) is 21.3 Å². The molecular formula is C14H22BrNO. The molecule has 2 nitrogen and oxygen atoms in total. The van der Waals surface area contributed by atoms with Crippen LogP contribution in [-0.2, 0) is 4.74 Å². The average molecular weight is 300 g/mol. The number of ether oxygens (including phenoxy) is 1. The van der Waals surface area contributed by atoms with Crippen LogP contribution in [0.15, 0.2) is 28.7 Å². The molecule has 0 aromatic heterocycles. The lowest BCUT2D eigenvalue weighted by Crippen LogP contribution is -2.23. The highest BCUT2D eigenvalue weighted by molar-refractivity contribution is 9.10. The predicted molar refractivity (Wildman–Crippen MR) is 76.3 cm³/mol. The fourth-order valence-electron chi connectivity index (χ4n) is 1.57. The first-order chi connectivity index (χ1) is 8.24. The zero-order valence-corrected chi connectivity index (χ0v) is 12.3. The number of nitrogens with one attached hydrogen (secondary N) is 1. The minimum atomic E-state index is 0.373. The second kappa shape index (κ2) is 8.67. The minimum absolute atomic E-state index is 0.373. The van der Waals surface area contributed by atoms with Crippen LogP contribution in [0.4, 0.5) is 0 Å². The van der Waals surface area contributed by atoms with Crippen LogP contribution >= 0.6 is 15.9 Å². The fraction of sp³-hybridized carbons (Fsp3) is 0.571. The van der Waals surface area contributed by atoms with E-state index in [1.165, 1.54) is 12.0 Å². The molecule has 0 heterocycles. The largest absolute Gasteiger partial charge is 0.380 e. The Labute approximate surface area is 113 Å². The van der Waals surface area contributed by atoms with Crippen LogP contribution in [0, 0.1) is 0 Å². The summed E-state index contributed by atoms with van der Waals surface area (Å²) < 4.78 is 6.63. The summed E-state index contributed by atoms with van der Waals surface area (Å²) in [5.41, 5.74) is 1.31. The Morgan fingerprint density at radius 3 is 2.59 bits per heavy atom. The molecule has 1 N–H and O–H groups in total. The molecule has 0 fully saturated rings. The van der Waals surface area contributed by atoms with Gasteiger partial charge in [-0.05, 0) is 31.0 Å². The molecule has 0 bridgehead atoms. The van der Waals surface area contributed by atoms with Crippen molar-refractivity contribution in [3.8, 4) is 0 Å². The maximum atomic E-state index is 5.51. The molecule has 0 aliphatic rings. The van der Waals surface area contributed by atoms with E-state index in [-0.39, 0.29) is 0 Å². The monoisotopic (exact) mass is 299 g/mol. The van der Waals surface area contributed by atoms with Gasteiger partial charge in [0.1, 0.15) is 0 Å². The van der Waals surface area contributed by atoms with Gasteiger partial charge in [-0.3, -0.25) is 0 Å². The Hall–Kier alpha value is -0.380. The molecule has 0 saturated heterocycles. The summed E-state index contributed by atoms with van der Waals surface area (Å²) in [6.45, 7) is 6.93. The lowest BCUT2D eigenvalue weighted by atomic mass is 10.1. The third-order valence-corrected chi connectivity index (χ3v) is 3.24. The number of rotatable bonds is 8. The highest BCUT2D eigenvalue weighted by Gasteiger charge is 2.03. The van der Waals surface area contributed by atoms with Crippen LogP contribution < -0.4 is 5.32 Å². The molecule has 1 aromatic rings. The first-order valence-electron chi connectivity index (χ1n) is 6.30. The van der Waals surface area contributed by atoms with Gasteiger partial charge in [0, 0.05) is 23.7 Å². The third-order valence-electron chi connectivity index (χ3n) is 2.71. The Morgan fingerprint density at radius 2 is 1.94 bits per heavy atom. The summed E-state index contributed by atoms with van der Waals surface area (Å²) in [6.07, 6.45) is 2.35. The molecule has 0 radical (unpaired) electrons. The minimum Gasteiger partial charge on any atom is -0.380 e. The molecule has 0 aliphatic heterocycles. The molecule has 3 heteroatoms. The molecular weight excluding hydrogens is 278 g/mol. The Morgan fingerprint density at radius 1 is 1.24 bits per heavy atom. The van der Waals surface area contributed by atoms with E-state index >= 15 is 0 Å². The van der Waals surface area contributed by atoms with E-state index in [0.717, 1.165) is 30.7 Å². The molecule has 1 rings (SSSR count). The van der Waals surface area contributed by atoms with Crippen molar-refractivity contribution in [2.45, 2.75) is 32.7 Å². The maximum absolute atomic E-state index is 5.51. The van der Waals surface area contributed by atoms with E-state index in [0.29, 0.717) is 6.04 Å². The number of unbranched alkanes of at least 4 members (excludes halogenated alkanes) is 1. The van der Waals surface area contributed by atoms with Gasteiger partial charge in [-0.2, -0.15) is 0 Å². The van der Waals surface area contributed by atoms with Crippen LogP contribution in [-0.4, -0.2) is 19.8 Å². The van der Waals surface area contributed by atoms with Crippen molar-refractivity contribution < 1.29 is 4.74 Å². The molecule has 1 aromatic carbocycles. The van der Waals surface area contributed by atoms with Crippen molar-refractivity contribution >= 4 is 15.9 Å². The lowest BCUT2D eigenvalue weighted by Gasteiger charge is -2.14. The zero-order chi connectivity index (χ0) is 12.5. The summed E-state index contributed by atoms with van der Waals surface area (Å²) in [7, 11) is 0. The van der Waals surface area contributed by atoms with Crippen molar-refractivity contribution in [2.75, 3.05) is 19.8 Å². The molecule has 0 aliphatic carbocycles. The zero-order valence-electron chi connectivity index (χ0n) is 10.7. The second-order valence-corrected chi connectivity index (χ2v) is 5.11. The maximum Gasteiger partial charge on any atom is 0.0591 e. The highest BCUT2D eigenvalue weighted by Crippen LogP contribution is 2.16. The molecule has 0 spiro atoms. The number of halogens is 1. The lowest BCUT2D eigenvalue weighted by molar-refractivity contribution is 0.131. The summed E-state index contributed by atoms with van der Waals surface area (Å²) >= 11 is 3.44. The second-order valence-electron chi connectivity index (χ2n) is 4.19. The van der Waals surface area contributed by atoms with Crippen LogP contribution in [0.5, 0.6) is 0 Å². The van der Waals surface area contributed by atoms with E-state index in [2.05, 4.69) is 59.4 Å². The normalized spacial score (nSPS) is 12.6. The van der Waals surface area contributed by atoms with Crippen molar-refractivity contribution in [1.29, 1.82) is 0 Å². The van der Waals surface area contributed by atoms with Crippen molar-refractivity contribution in [2.24, 2.45) is 0 Å². The summed E-state index contributed by atoms with van der Waals surface area (Å²) in [5, 5.41) is 3.45. The van der Waals surface area contributed by atoms with E-state index in [9.17, 15) is 0 Å². The molecule has 0 amide bonds. The van der Waals surface area contributed by atoms with E-state index < -0.39 is 0 Å². The first kappa shape index (κ1) is 14.7. The highest BCUT2D eigenvalue weighted by atomic mass is 79.9. The predicted octanol–water partition coefficient (Wildman–Crippen LogP) is 3.92. The molecule has 96 valence electrons. The van der Waals surface area contributed by atoms with E-state index in [1.54, 1.807) is 0 Å². The summed E-state index contributed by atoms with van der Waals surface area (Å²) in [4.78, 5) is 0. The first-order valence-corrected chi connectivity index (χ1v) is 7.10. The van der Waals surface area contributed by atoms with Crippen molar-refractivity contribution in [1.82, 2.24) is 5.32 Å². The van der Waals surface area contributed by atoms with Crippen LogP contribution in [0.25, 0.3) is 0 Å². The van der Waals surface area contributed by atoms with Gasteiger partial charge in [0.2, 0.25) is 0 Å². The van der Waals surface area contributed by atoms with E-state index in [1.807, 2.05) is 0 Å². The quantitative estimate of drug-likeness (QED) is 0.735. The van der Waals surface area contributed by atoms with Gasteiger partial charge in [0.15, 0.2) is 0 Å². The number of benzene rings is 1. The van der Waals surface area contributed by atoms with Gasteiger partial charge in [-0.15, -0.1) is 0 Å². The van der Waals surface area contributed by atoms with Gasteiger partial charge in [-0.1, -0.05) is 41.4 Å². The standard InChI is InChI=1S/C14H22BrNO/c1-3-4-10-17-11-9-16-12(2)13-5-7-14(15)8-6-13/h5-8,12,16H,3-4,9-11H2,1-2H3. The number of hydrogen-bond acceptors (Lipinski definition) is 2. The smallest absolute Gasteiger partial charge is 0.0591 e. The average Bonchev–Trinajstić information content (AvgIpc) is 2.34. The molecule has 1 unspecified atom stereocenters. The van der Waals surface area contributed by atoms with Crippen LogP contribution in [0.1, 0.15) is 38.3 Å². The van der Waals surface area contributed by atoms with E-state index in [4.69, 9.17) is 4.74 Å².